The van der Waals surface area contributed by atoms with Crippen molar-refractivity contribution in [2.45, 2.75) is 38.0 Å². The molecule has 1 saturated carbocycles. The zero-order chi connectivity index (χ0) is 20.1. The van der Waals surface area contributed by atoms with E-state index < -0.39 is 11.8 Å². The first kappa shape index (κ1) is 20.2. The van der Waals surface area contributed by atoms with Crippen LogP contribution >= 0.6 is 11.6 Å². The molecular formula is C22H25ClN2O3. The van der Waals surface area contributed by atoms with E-state index in [4.69, 9.17) is 16.3 Å². The second-order valence-corrected chi connectivity index (χ2v) is 7.72. The SMILES string of the molecule is COc1ccc(C2(CNC(=O)C(=O)Nc3ccc(C)c(Cl)c3)CCCC2)cc1. The van der Waals surface area contributed by atoms with Gasteiger partial charge in [-0.25, -0.2) is 0 Å². The van der Waals surface area contributed by atoms with Crippen LogP contribution in [0, 0.1) is 6.92 Å². The molecule has 2 amide bonds. The fraction of sp³-hybridized carbons (Fsp3) is 0.364. The van der Waals surface area contributed by atoms with Gasteiger partial charge < -0.3 is 15.4 Å². The summed E-state index contributed by atoms with van der Waals surface area (Å²) < 4.78 is 5.23. The lowest BCUT2D eigenvalue weighted by molar-refractivity contribution is -0.136. The van der Waals surface area contributed by atoms with Gasteiger partial charge in [0.25, 0.3) is 0 Å². The summed E-state index contributed by atoms with van der Waals surface area (Å²) in [5, 5.41) is 5.97. The lowest BCUT2D eigenvalue weighted by atomic mass is 9.78. The first-order valence-corrected chi connectivity index (χ1v) is 9.81. The monoisotopic (exact) mass is 400 g/mol. The summed E-state index contributed by atoms with van der Waals surface area (Å²) in [6.07, 6.45) is 4.18. The molecule has 1 aliphatic rings. The molecule has 0 atom stereocenters. The van der Waals surface area contributed by atoms with Crippen LogP contribution in [0.1, 0.15) is 36.8 Å². The summed E-state index contributed by atoms with van der Waals surface area (Å²) in [5.74, 6) is -0.531. The van der Waals surface area contributed by atoms with Crippen molar-refractivity contribution in [3.05, 3.63) is 58.6 Å². The molecule has 0 spiro atoms. The number of rotatable bonds is 5. The minimum absolute atomic E-state index is 0.143. The molecule has 3 rings (SSSR count). The summed E-state index contributed by atoms with van der Waals surface area (Å²) in [7, 11) is 1.64. The van der Waals surface area contributed by atoms with E-state index in [1.165, 1.54) is 0 Å². The highest BCUT2D eigenvalue weighted by Crippen LogP contribution is 2.41. The number of benzene rings is 2. The van der Waals surface area contributed by atoms with E-state index in [0.717, 1.165) is 42.6 Å². The molecule has 5 nitrogen and oxygen atoms in total. The van der Waals surface area contributed by atoms with Crippen LogP contribution in [0.4, 0.5) is 5.69 Å². The van der Waals surface area contributed by atoms with E-state index in [9.17, 15) is 9.59 Å². The fourth-order valence-electron chi connectivity index (χ4n) is 3.75. The predicted octanol–water partition coefficient (Wildman–Crippen LogP) is 4.22. The number of carbonyl (C=O) groups is 2. The average molecular weight is 401 g/mol. The van der Waals surface area contributed by atoms with E-state index in [1.807, 2.05) is 31.2 Å². The van der Waals surface area contributed by atoms with Crippen molar-refractivity contribution in [1.82, 2.24) is 5.32 Å². The Morgan fingerprint density at radius 3 is 2.36 bits per heavy atom. The van der Waals surface area contributed by atoms with Crippen molar-refractivity contribution in [3.8, 4) is 5.75 Å². The van der Waals surface area contributed by atoms with Crippen LogP contribution in [0.15, 0.2) is 42.5 Å². The number of ether oxygens (including phenoxy) is 1. The quantitative estimate of drug-likeness (QED) is 0.738. The van der Waals surface area contributed by atoms with E-state index in [1.54, 1.807) is 25.3 Å². The Bertz CT molecular complexity index is 859. The van der Waals surface area contributed by atoms with Gasteiger partial charge in [0.2, 0.25) is 0 Å². The molecule has 28 heavy (non-hydrogen) atoms. The maximum absolute atomic E-state index is 12.4. The minimum Gasteiger partial charge on any atom is -0.497 e. The Morgan fingerprint density at radius 2 is 1.75 bits per heavy atom. The zero-order valence-corrected chi connectivity index (χ0v) is 16.9. The molecule has 0 unspecified atom stereocenters. The largest absolute Gasteiger partial charge is 0.497 e. The third kappa shape index (κ3) is 4.47. The lowest BCUT2D eigenvalue weighted by Crippen LogP contribution is -2.43. The van der Waals surface area contributed by atoms with Crippen LogP contribution in [-0.2, 0) is 15.0 Å². The van der Waals surface area contributed by atoms with Crippen LogP contribution in [0.25, 0.3) is 0 Å². The Labute approximate surface area is 170 Å². The summed E-state index contributed by atoms with van der Waals surface area (Å²) >= 11 is 6.07. The Balaban J connectivity index is 1.64. The number of anilines is 1. The van der Waals surface area contributed by atoms with Crippen LogP contribution in [0.3, 0.4) is 0 Å². The smallest absolute Gasteiger partial charge is 0.313 e. The first-order chi connectivity index (χ1) is 13.4. The average Bonchev–Trinajstić information content (AvgIpc) is 3.19. The maximum Gasteiger partial charge on any atom is 0.313 e. The summed E-state index contributed by atoms with van der Waals surface area (Å²) in [5.41, 5.74) is 2.43. The maximum atomic E-state index is 12.4. The van der Waals surface area contributed by atoms with Crippen LogP contribution < -0.4 is 15.4 Å². The van der Waals surface area contributed by atoms with Gasteiger partial charge in [0, 0.05) is 22.7 Å². The van der Waals surface area contributed by atoms with Gasteiger partial charge in [0.1, 0.15) is 5.75 Å². The van der Waals surface area contributed by atoms with Gasteiger partial charge in [-0.05, 0) is 55.2 Å². The molecule has 2 N–H and O–H groups in total. The molecule has 6 heteroatoms. The van der Waals surface area contributed by atoms with Crippen molar-refractivity contribution >= 4 is 29.1 Å². The Morgan fingerprint density at radius 1 is 1.07 bits per heavy atom. The molecule has 0 heterocycles. The number of carbonyl (C=O) groups excluding carboxylic acids is 2. The van der Waals surface area contributed by atoms with Crippen LogP contribution in [0.5, 0.6) is 5.75 Å². The van der Waals surface area contributed by atoms with Crippen LogP contribution in [-0.4, -0.2) is 25.5 Å². The number of amides is 2. The Kier molecular flexibility index (Phi) is 6.25. The number of hydrogen-bond acceptors (Lipinski definition) is 3. The number of aryl methyl sites for hydroxylation is 1. The third-order valence-corrected chi connectivity index (χ3v) is 5.89. The van der Waals surface area contributed by atoms with Gasteiger partial charge in [-0.15, -0.1) is 0 Å². The molecule has 0 saturated heterocycles. The molecule has 0 aromatic heterocycles. The van der Waals surface area contributed by atoms with Crippen molar-refractivity contribution in [1.29, 1.82) is 0 Å². The van der Waals surface area contributed by atoms with Crippen molar-refractivity contribution in [3.63, 3.8) is 0 Å². The van der Waals surface area contributed by atoms with Gasteiger partial charge in [-0.2, -0.15) is 0 Å². The lowest BCUT2D eigenvalue weighted by Gasteiger charge is -2.30. The van der Waals surface area contributed by atoms with Gasteiger partial charge in [0.05, 0.1) is 7.11 Å². The zero-order valence-electron chi connectivity index (χ0n) is 16.2. The van der Waals surface area contributed by atoms with Crippen molar-refractivity contribution < 1.29 is 14.3 Å². The van der Waals surface area contributed by atoms with Gasteiger partial charge in [-0.3, -0.25) is 9.59 Å². The molecule has 1 fully saturated rings. The van der Waals surface area contributed by atoms with E-state index >= 15 is 0 Å². The molecule has 148 valence electrons. The Hall–Kier alpha value is -2.53. The first-order valence-electron chi connectivity index (χ1n) is 9.43. The number of nitrogens with one attached hydrogen (secondary N) is 2. The topological polar surface area (TPSA) is 67.4 Å². The highest BCUT2D eigenvalue weighted by molar-refractivity contribution is 6.40. The van der Waals surface area contributed by atoms with Crippen molar-refractivity contribution in [2.75, 3.05) is 19.0 Å². The summed E-state index contributed by atoms with van der Waals surface area (Å²) in [4.78, 5) is 24.6. The third-order valence-electron chi connectivity index (χ3n) is 5.49. The molecule has 2 aromatic rings. The second kappa shape index (κ2) is 8.65. The molecule has 1 aliphatic carbocycles. The van der Waals surface area contributed by atoms with Crippen molar-refractivity contribution in [2.24, 2.45) is 0 Å². The highest BCUT2D eigenvalue weighted by Gasteiger charge is 2.36. The number of methoxy groups -OCH3 is 1. The molecular weight excluding hydrogens is 376 g/mol. The summed E-state index contributed by atoms with van der Waals surface area (Å²) in [6, 6.07) is 13.1. The summed E-state index contributed by atoms with van der Waals surface area (Å²) in [6.45, 7) is 2.31. The van der Waals surface area contributed by atoms with Gasteiger partial charge in [-0.1, -0.05) is 42.6 Å². The molecule has 0 bridgehead atoms. The van der Waals surface area contributed by atoms with E-state index in [0.29, 0.717) is 17.3 Å². The number of halogens is 1. The normalized spacial score (nSPS) is 15.1. The highest BCUT2D eigenvalue weighted by atomic mass is 35.5. The van der Waals surface area contributed by atoms with Gasteiger partial charge >= 0.3 is 11.8 Å². The van der Waals surface area contributed by atoms with E-state index in [2.05, 4.69) is 10.6 Å². The second-order valence-electron chi connectivity index (χ2n) is 7.32. The minimum atomic E-state index is -0.692. The fourth-order valence-corrected chi connectivity index (χ4v) is 3.93. The number of hydrogen-bond donors (Lipinski definition) is 2. The standard InChI is InChI=1S/C22H25ClN2O3/c1-15-5-8-17(13-19(15)23)25-21(27)20(26)24-14-22(11-3-4-12-22)16-6-9-18(28-2)10-7-16/h5-10,13H,3-4,11-12,14H2,1-2H3,(H,24,26)(H,25,27). The van der Waals surface area contributed by atoms with Gasteiger partial charge in [0.15, 0.2) is 0 Å². The van der Waals surface area contributed by atoms with Crippen LogP contribution in [0.2, 0.25) is 5.02 Å². The molecule has 2 aromatic carbocycles. The van der Waals surface area contributed by atoms with E-state index in [-0.39, 0.29) is 5.41 Å². The molecule has 0 radical (unpaired) electrons. The predicted molar refractivity (Wildman–Crippen MR) is 111 cm³/mol. The molecule has 0 aliphatic heterocycles.